The Labute approximate surface area is 149 Å². The van der Waals surface area contributed by atoms with E-state index in [9.17, 15) is 0 Å². The number of fused-ring (bicyclic) bond motifs is 1. The predicted molar refractivity (Wildman–Crippen MR) is 99.4 cm³/mol. The molecule has 1 saturated heterocycles. The number of hydrogen-bond donors (Lipinski definition) is 1. The van der Waals surface area contributed by atoms with Crippen LogP contribution < -0.4 is 15.2 Å². The van der Waals surface area contributed by atoms with E-state index < -0.39 is 0 Å². The molecule has 2 aliphatic heterocycles. The van der Waals surface area contributed by atoms with E-state index in [4.69, 9.17) is 15.2 Å². The van der Waals surface area contributed by atoms with Crippen molar-refractivity contribution in [1.29, 1.82) is 0 Å². The summed E-state index contributed by atoms with van der Waals surface area (Å²) in [6.07, 6.45) is 3.58. The zero-order chi connectivity index (χ0) is 17.2. The number of aryl methyl sites for hydroxylation is 1. The van der Waals surface area contributed by atoms with E-state index in [1.54, 1.807) is 0 Å². The standard InChI is InChI=1S/C21H26N2O2/c1-15-8-16(14-23-6-2-3-7-23)10-19(9-15)24-18-4-5-21-17(11-18)12-20(13-22)25-21/h4-5,8-11,20H,2-3,6-7,12-14,22H2,1H3. The van der Waals surface area contributed by atoms with Crippen molar-refractivity contribution in [3.05, 3.63) is 53.1 Å². The summed E-state index contributed by atoms with van der Waals surface area (Å²) in [4.78, 5) is 2.51. The van der Waals surface area contributed by atoms with Crippen LogP contribution in [0.3, 0.4) is 0 Å². The molecule has 2 aliphatic rings. The molecule has 4 rings (SSSR count). The van der Waals surface area contributed by atoms with Gasteiger partial charge in [0.05, 0.1) is 0 Å². The highest BCUT2D eigenvalue weighted by Gasteiger charge is 2.22. The molecule has 0 bridgehead atoms. The van der Waals surface area contributed by atoms with Crippen LogP contribution in [-0.2, 0) is 13.0 Å². The monoisotopic (exact) mass is 338 g/mol. The van der Waals surface area contributed by atoms with Crippen LogP contribution in [0, 0.1) is 6.92 Å². The van der Waals surface area contributed by atoms with Crippen molar-refractivity contribution in [3.63, 3.8) is 0 Å². The third-order valence-corrected chi connectivity index (χ3v) is 4.99. The van der Waals surface area contributed by atoms with Gasteiger partial charge in [-0.25, -0.2) is 0 Å². The van der Waals surface area contributed by atoms with Gasteiger partial charge in [-0.05, 0) is 74.3 Å². The van der Waals surface area contributed by atoms with Crippen molar-refractivity contribution in [1.82, 2.24) is 4.90 Å². The van der Waals surface area contributed by atoms with Gasteiger partial charge in [0.15, 0.2) is 0 Å². The Kier molecular flexibility index (Phi) is 4.64. The highest BCUT2D eigenvalue weighted by atomic mass is 16.5. The Balaban J connectivity index is 1.50. The van der Waals surface area contributed by atoms with Crippen molar-refractivity contribution in [2.24, 2.45) is 5.73 Å². The smallest absolute Gasteiger partial charge is 0.128 e. The molecule has 0 spiro atoms. The molecule has 2 aromatic rings. The Morgan fingerprint density at radius 1 is 1.12 bits per heavy atom. The van der Waals surface area contributed by atoms with Crippen molar-refractivity contribution in [2.45, 2.75) is 38.8 Å². The molecule has 4 nitrogen and oxygen atoms in total. The first-order valence-corrected chi connectivity index (χ1v) is 9.20. The zero-order valence-corrected chi connectivity index (χ0v) is 14.8. The average molecular weight is 338 g/mol. The van der Waals surface area contributed by atoms with Gasteiger partial charge in [0.2, 0.25) is 0 Å². The minimum absolute atomic E-state index is 0.0938. The summed E-state index contributed by atoms with van der Waals surface area (Å²) in [6, 6.07) is 12.6. The van der Waals surface area contributed by atoms with E-state index in [-0.39, 0.29) is 6.10 Å². The van der Waals surface area contributed by atoms with Crippen LogP contribution in [0.1, 0.15) is 29.5 Å². The van der Waals surface area contributed by atoms with Gasteiger partial charge in [-0.2, -0.15) is 0 Å². The topological polar surface area (TPSA) is 47.7 Å². The largest absolute Gasteiger partial charge is 0.488 e. The average Bonchev–Trinajstić information content (AvgIpc) is 3.22. The van der Waals surface area contributed by atoms with Gasteiger partial charge in [0.25, 0.3) is 0 Å². The molecule has 0 aromatic heterocycles. The SMILES string of the molecule is Cc1cc(CN2CCCC2)cc(Oc2ccc3c(c2)CC(CN)O3)c1. The lowest BCUT2D eigenvalue weighted by Crippen LogP contribution is -2.24. The molecule has 1 fully saturated rings. The van der Waals surface area contributed by atoms with E-state index in [1.807, 2.05) is 12.1 Å². The van der Waals surface area contributed by atoms with E-state index >= 15 is 0 Å². The van der Waals surface area contributed by atoms with Gasteiger partial charge >= 0.3 is 0 Å². The molecule has 4 heteroatoms. The highest BCUT2D eigenvalue weighted by Crippen LogP contribution is 2.34. The Morgan fingerprint density at radius 3 is 2.76 bits per heavy atom. The second-order valence-corrected chi connectivity index (χ2v) is 7.19. The Bertz CT molecular complexity index is 754. The first-order chi connectivity index (χ1) is 12.2. The third-order valence-electron chi connectivity index (χ3n) is 4.99. The summed E-state index contributed by atoms with van der Waals surface area (Å²) in [6.45, 7) is 6.09. The molecule has 25 heavy (non-hydrogen) atoms. The number of rotatable bonds is 5. The molecule has 0 radical (unpaired) electrons. The summed E-state index contributed by atoms with van der Waals surface area (Å²) in [7, 11) is 0. The van der Waals surface area contributed by atoms with Gasteiger partial charge in [0.1, 0.15) is 23.4 Å². The van der Waals surface area contributed by atoms with Crippen LogP contribution in [0.25, 0.3) is 0 Å². The van der Waals surface area contributed by atoms with Crippen molar-refractivity contribution in [3.8, 4) is 17.2 Å². The fourth-order valence-electron chi connectivity index (χ4n) is 3.80. The van der Waals surface area contributed by atoms with Crippen molar-refractivity contribution < 1.29 is 9.47 Å². The molecule has 2 heterocycles. The summed E-state index contributed by atoms with van der Waals surface area (Å²) in [5, 5.41) is 0. The summed E-state index contributed by atoms with van der Waals surface area (Å²) in [5.41, 5.74) is 9.45. The normalized spacial score (nSPS) is 19.7. The number of ether oxygens (including phenoxy) is 2. The number of hydrogen-bond acceptors (Lipinski definition) is 4. The summed E-state index contributed by atoms with van der Waals surface area (Å²) in [5.74, 6) is 2.70. The van der Waals surface area contributed by atoms with Gasteiger partial charge < -0.3 is 15.2 Å². The van der Waals surface area contributed by atoms with Gasteiger partial charge in [-0.1, -0.05) is 6.07 Å². The van der Waals surface area contributed by atoms with Crippen LogP contribution in [0.4, 0.5) is 0 Å². The second kappa shape index (κ2) is 7.06. The van der Waals surface area contributed by atoms with Crippen LogP contribution in [0.2, 0.25) is 0 Å². The number of benzene rings is 2. The van der Waals surface area contributed by atoms with E-state index in [0.29, 0.717) is 6.54 Å². The van der Waals surface area contributed by atoms with E-state index in [2.05, 4.69) is 36.1 Å². The van der Waals surface area contributed by atoms with Gasteiger partial charge in [0, 0.05) is 25.1 Å². The molecule has 2 N–H and O–H groups in total. The lowest BCUT2D eigenvalue weighted by molar-refractivity contribution is 0.241. The number of nitrogens with two attached hydrogens (primary N) is 1. The lowest BCUT2D eigenvalue weighted by Gasteiger charge is -2.16. The lowest BCUT2D eigenvalue weighted by atomic mass is 10.1. The molecule has 2 aromatic carbocycles. The first kappa shape index (κ1) is 16.4. The molecular formula is C21H26N2O2. The van der Waals surface area contributed by atoms with Crippen LogP contribution in [-0.4, -0.2) is 30.6 Å². The molecule has 132 valence electrons. The predicted octanol–water partition coefficient (Wildman–Crippen LogP) is 3.65. The highest BCUT2D eigenvalue weighted by molar-refractivity contribution is 5.45. The van der Waals surface area contributed by atoms with Crippen molar-refractivity contribution >= 4 is 0 Å². The van der Waals surface area contributed by atoms with Gasteiger partial charge in [-0.15, -0.1) is 0 Å². The second-order valence-electron chi connectivity index (χ2n) is 7.19. The zero-order valence-electron chi connectivity index (χ0n) is 14.8. The molecule has 1 atom stereocenters. The minimum Gasteiger partial charge on any atom is -0.488 e. The molecule has 0 aliphatic carbocycles. The maximum absolute atomic E-state index is 6.15. The van der Waals surface area contributed by atoms with Crippen molar-refractivity contribution in [2.75, 3.05) is 19.6 Å². The summed E-state index contributed by atoms with van der Waals surface area (Å²) >= 11 is 0. The maximum Gasteiger partial charge on any atom is 0.128 e. The molecule has 1 unspecified atom stereocenters. The molecular weight excluding hydrogens is 312 g/mol. The Morgan fingerprint density at radius 2 is 1.96 bits per heavy atom. The Hall–Kier alpha value is -2.04. The third kappa shape index (κ3) is 3.80. The van der Waals surface area contributed by atoms with Crippen LogP contribution in [0.15, 0.2) is 36.4 Å². The molecule has 0 amide bonds. The van der Waals surface area contributed by atoms with Gasteiger partial charge in [-0.3, -0.25) is 4.90 Å². The first-order valence-electron chi connectivity index (χ1n) is 9.20. The van der Waals surface area contributed by atoms with Crippen LogP contribution in [0.5, 0.6) is 17.2 Å². The van der Waals surface area contributed by atoms with Crippen LogP contribution >= 0.6 is 0 Å². The number of likely N-dealkylation sites (tertiary alicyclic amines) is 1. The minimum atomic E-state index is 0.0938. The summed E-state index contributed by atoms with van der Waals surface area (Å²) < 4.78 is 11.9. The fraction of sp³-hybridized carbons (Fsp3) is 0.429. The fourth-order valence-corrected chi connectivity index (χ4v) is 3.80. The molecule has 0 saturated carbocycles. The number of nitrogens with zero attached hydrogens (tertiary/aromatic N) is 1. The quantitative estimate of drug-likeness (QED) is 0.904. The maximum atomic E-state index is 6.15. The van der Waals surface area contributed by atoms with E-state index in [0.717, 1.165) is 30.2 Å². The van der Waals surface area contributed by atoms with E-state index in [1.165, 1.54) is 42.6 Å².